The van der Waals surface area contributed by atoms with Crippen molar-refractivity contribution >= 4 is 104 Å². The van der Waals surface area contributed by atoms with Gasteiger partial charge in [0.1, 0.15) is 44.6 Å². The quantitative estimate of drug-likeness (QED) is 0.0933. The number of aliphatic hydroxyl groups excluding tert-OH is 2. The second kappa shape index (κ2) is 30.0. The summed E-state index contributed by atoms with van der Waals surface area (Å²) >= 11 is 27.2. The standard InChI is InChI=1S/C35H42Cl2FN5O3S.C28H28Cl2FN3O3S.C7H16N2O/c1-20(2)29-30(33(46)42-21(3)6-13-28(42)32(45)41-15-14-40(16-17-44)22(4)19-41)47-34-39-35(5,24-8-10-25(36)11-9-24)31(43(29)34)23-7-12-26(37)27(38)18-23;1-14(2)22-23(25(35)33-15(3)5-12-21(33)26(36)37)38-27-32-28(4,17-7-9-18(29)10-8-17)24(34(22)27)16-6-11-19(30)20(31)13-16;1-7-6-8-2-3-9(7)4-5-10/h7-12,18,20-22,28,31,44H,6,13-17,19H2,1-5H3;6-11,13-15,21,24H,5,12H2,1-4H3,(H,36,37);7-8,10H,2-6H2,1H3/t21-,22-,28+,31-,35+;15-,21+,24-,28+;7-/m111/s1. The number of amidine groups is 2. The Labute approximate surface area is 584 Å². The third-order valence-electron chi connectivity index (χ3n) is 19.7. The molecule has 0 unspecified atom stereocenters. The molecule has 0 saturated carbocycles. The molecule has 95 heavy (non-hydrogen) atoms. The summed E-state index contributed by atoms with van der Waals surface area (Å²) in [6.07, 6.45) is 2.40. The highest BCUT2D eigenvalue weighted by Gasteiger charge is 2.57. The highest BCUT2D eigenvalue weighted by atomic mass is 35.5. The zero-order chi connectivity index (χ0) is 68.7. The normalized spacial score (nSPS) is 27.6. The number of halogens is 6. The fourth-order valence-corrected chi connectivity index (χ4v) is 18.0. The predicted molar refractivity (Wildman–Crippen MR) is 375 cm³/mol. The number of aliphatic hydroxyl groups is 2. The number of carbonyl (C=O) groups is 4. The Morgan fingerprint density at radius 2 is 1.03 bits per heavy atom. The lowest BCUT2D eigenvalue weighted by molar-refractivity contribution is -0.147. The number of carboxylic acid groups (broad SMARTS) is 1. The molecular weight excluding hydrogens is 1340 g/mol. The topological polar surface area (TPSA) is 188 Å². The minimum atomic E-state index is -1.000. The van der Waals surface area contributed by atoms with Crippen molar-refractivity contribution in [2.45, 2.75) is 154 Å². The van der Waals surface area contributed by atoms with E-state index in [0.29, 0.717) is 92.8 Å². The summed E-state index contributed by atoms with van der Waals surface area (Å²) in [5.74, 6) is -2.72. The van der Waals surface area contributed by atoms with E-state index in [4.69, 9.17) is 61.5 Å². The molecule has 0 aromatic heterocycles. The highest BCUT2D eigenvalue weighted by Crippen LogP contribution is 2.59. The summed E-state index contributed by atoms with van der Waals surface area (Å²) in [6.45, 7) is 27.0. The van der Waals surface area contributed by atoms with Gasteiger partial charge in [0.15, 0.2) is 10.3 Å². The summed E-state index contributed by atoms with van der Waals surface area (Å²) < 4.78 is 29.8. The number of likely N-dealkylation sites (tertiary alicyclic amines) is 2. The van der Waals surface area contributed by atoms with E-state index in [1.807, 2.05) is 108 Å². The van der Waals surface area contributed by atoms with Gasteiger partial charge in [0.2, 0.25) is 5.91 Å². The molecule has 4 saturated heterocycles. The average molecular weight is 1420 g/mol. The molecule has 8 aliphatic rings. The van der Waals surface area contributed by atoms with Gasteiger partial charge in [0, 0.05) is 98.0 Å². The van der Waals surface area contributed by atoms with E-state index in [1.54, 1.807) is 29.2 Å². The van der Waals surface area contributed by atoms with Crippen LogP contribution in [0.4, 0.5) is 8.78 Å². The molecule has 17 nitrogen and oxygen atoms in total. The smallest absolute Gasteiger partial charge is 0.326 e. The summed E-state index contributed by atoms with van der Waals surface area (Å²) in [5.41, 5.74) is 3.06. The number of fused-ring (bicyclic) bond motifs is 2. The molecule has 0 aliphatic carbocycles. The number of nitrogens with one attached hydrogen (secondary N) is 1. The van der Waals surface area contributed by atoms with E-state index in [9.17, 15) is 33.8 Å². The maximum Gasteiger partial charge on any atom is 0.326 e. The minimum absolute atomic E-state index is 0.0180. The van der Waals surface area contributed by atoms with Crippen molar-refractivity contribution in [3.05, 3.63) is 160 Å². The maximum absolute atomic E-state index is 15.0. The Morgan fingerprint density at radius 1 is 0.600 bits per heavy atom. The summed E-state index contributed by atoms with van der Waals surface area (Å²) in [7, 11) is 0. The molecule has 8 aliphatic heterocycles. The summed E-state index contributed by atoms with van der Waals surface area (Å²) in [5, 5.41) is 33.7. The Kier molecular flexibility index (Phi) is 22.9. The first kappa shape index (κ1) is 72.4. The van der Waals surface area contributed by atoms with Gasteiger partial charge in [-0.05, 0) is 173 Å². The van der Waals surface area contributed by atoms with Gasteiger partial charge in [-0.3, -0.25) is 24.2 Å². The molecule has 25 heteroatoms. The van der Waals surface area contributed by atoms with Gasteiger partial charge in [-0.2, -0.15) is 0 Å². The third kappa shape index (κ3) is 14.5. The predicted octanol–water partition coefficient (Wildman–Crippen LogP) is 12.4. The number of carbonyl (C=O) groups excluding carboxylic acids is 3. The molecule has 4 aromatic rings. The number of nitrogens with zero attached hydrogens (tertiary/aromatic N) is 9. The summed E-state index contributed by atoms with van der Waals surface area (Å²) in [4.78, 5) is 79.8. The fraction of sp³-hybridized carbons (Fsp3) is 0.514. The van der Waals surface area contributed by atoms with Gasteiger partial charge >= 0.3 is 5.97 Å². The van der Waals surface area contributed by atoms with Crippen molar-refractivity contribution in [1.29, 1.82) is 0 Å². The molecule has 4 N–H and O–H groups in total. The van der Waals surface area contributed by atoms with Crippen LogP contribution in [0.1, 0.15) is 129 Å². The molecule has 12 rings (SSSR count). The molecule has 0 spiro atoms. The van der Waals surface area contributed by atoms with Crippen LogP contribution < -0.4 is 5.32 Å². The molecule has 0 radical (unpaired) electrons. The average Bonchev–Trinajstić information content (AvgIpc) is 1.56. The number of allylic oxidation sites excluding steroid dienone is 2. The monoisotopic (exact) mass is 1420 g/mol. The number of carboxylic acids is 1. The first-order chi connectivity index (χ1) is 45.1. The van der Waals surface area contributed by atoms with Crippen LogP contribution in [0.3, 0.4) is 0 Å². The number of amides is 3. The fourth-order valence-electron chi connectivity index (χ4n) is 14.8. The molecule has 4 fully saturated rings. The zero-order valence-corrected chi connectivity index (χ0v) is 60.0. The maximum atomic E-state index is 15.0. The number of thioether (sulfide) groups is 2. The van der Waals surface area contributed by atoms with Crippen LogP contribution in [-0.4, -0.2) is 185 Å². The largest absolute Gasteiger partial charge is 0.480 e. The van der Waals surface area contributed by atoms with Crippen LogP contribution in [0, 0.1) is 23.5 Å². The van der Waals surface area contributed by atoms with Gasteiger partial charge in [-0.25, -0.2) is 23.6 Å². The Morgan fingerprint density at radius 3 is 1.43 bits per heavy atom. The highest BCUT2D eigenvalue weighted by molar-refractivity contribution is 8.18. The van der Waals surface area contributed by atoms with Crippen LogP contribution in [-0.2, 0) is 30.3 Å². The minimum Gasteiger partial charge on any atom is -0.480 e. The van der Waals surface area contributed by atoms with E-state index >= 15 is 4.39 Å². The lowest BCUT2D eigenvalue weighted by atomic mass is 9.81. The van der Waals surface area contributed by atoms with Gasteiger partial charge in [0.25, 0.3) is 11.8 Å². The van der Waals surface area contributed by atoms with Crippen molar-refractivity contribution in [3.8, 4) is 0 Å². The van der Waals surface area contributed by atoms with Crippen LogP contribution in [0.2, 0.25) is 20.1 Å². The lowest BCUT2D eigenvalue weighted by Gasteiger charge is -2.41. The van der Waals surface area contributed by atoms with Crippen LogP contribution in [0.15, 0.2) is 116 Å². The van der Waals surface area contributed by atoms with Gasteiger partial charge < -0.3 is 45.1 Å². The molecule has 10 atom stereocenters. The van der Waals surface area contributed by atoms with Crippen molar-refractivity contribution in [2.75, 3.05) is 65.6 Å². The van der Waals surface area contributed by atoms with Gasteiger partial charge in [0.05, 0.1) is 35.3 Å². The number of aliphatic imine (C=N–C) groups is 2. The second-order valence-electron chi connectivity index (χ2n) is 26.8. The zero-order valence-electron chi connectivity index (χ0n) is 55.3. The van der Waals surface area contributed by atoms with E-state index in [2.05, 4.69) is 33.9 Å². The van der Waals surface area contributed by atoms with Crippen LogP contribution in [0.5, 0.6) is 0 Å². The van der Waals surface area contributed by atoms with Crippen LogP contribution in [0.25, 0.3) is 0 Å². The van der Waals surface area contributed by atoms with E-state index < -0.39 is 52.8 Å². The molecule has 4 aromatic carbocycles. The van der Waals surface area contributed by atoms with E-state index in [1.165, 1.54) is 46.6 Å². The number of rotatable bonds is 14. The number of benzene rings is 4. The van der Waals surface area contributed by atoms with Crippen molar-refractivity contribution in [1.82, 2.24) is 39.6 Å². The van der Waals surface area contributed by atoms with E-state index in [-0.39, 0.29) is 70.9 Å². The Balaban J connectivity index is 0.000000183. The van der Waals surface area contributed by atoms with Crippen molar-refractivity contribution in [3.63, 3.8) is 0 Å². The Bertz CT molecular complexity index is 3680. The van der Waals surface area contributed by atoms with Crippen LogP contribution >= 0.6 is 69.9 Å². The van der Waals surface area contributed by atoms with Gasteiger partial charge in [-0.1, -0.05) is 110 Å². The number of hydrogen-bond donors (Lipinski definition) is 4. The third-order valence-corrected chi connectivity index (χ3v) is 23.0. The number of aliphatic carboxylic acids is 1. The molecule has 3 amide bonds. The molecule has 0 bridgehead atoms. The molecular formula is C70H86Cl4F2N10O7S2. The van der Waals surface area contributed by atoms with E-state index in [0.717, 1.165) is 55.1 Å². The molecule has 512 valence electrons. The van der Waals surface area contributed by atoms with Crippen molar-refractivity contribution in [2.24, 2.45) is 21.8 Å². The second-order valence-corrected chi connectivity index (χ2v) is 30.4. The first-order valence-corrected chi connectivity index (χ1v) is 35.9. The SMILES string of the molecule is CC(C)C1=C(C(=O)N2[C@H](C)CC[C@H]2C(=O)N2CCN(CCO)[C@H](C)C2)SC2=N[C@@](C)(c3ccc(Cl)cc3)[C@@H](c3ccc(Cl)c(F)c3)N21.CC(C)C1=C(C(=O)N2[C@H](C)CC[C@H]2C(=O)O)SC2=N[C@@](C)(c3ccc(Cl)cc3)[C@@H](c3ccc(Cl)c(F)c3)N21.C[C@@H]1CNCCN1CCO. The number of hydrogen-bond acceptors (Lipinski definition) is 15. The first-order valence-electron chi connectivity index (χ1n) is 32.7. The van der Waals surface area contributed by atoms with Gasteiger partial charge in [-0.15, -0.1) is 0 Å². The lowest BCUT2D eigenvalue weighted by Crippen LogP contribution is -2.58. The van der Waals surface area contributed by atoms with Crippen molar-refractivity contribution < 1.29 is 43.3 Å². The molecule has 8 heterocycles. The number of piperazine rings is 2. The number of β-amino-alcohol motifs (C(OH)–C–C–N with tert-alkyl or cyclic N) is 2. The Hall–Kier alpha value is -5.30. The summed E-state index contributed by atoms with van der Waals surface area (Å²) in [6, 6.07) is 22.6.